The Hall–Kier alpha value is -2.65. The van der Waals surface area contributed by atoms with E-state index in [1.54, 1.807) is 4.57 Å². The van der Waals surface area contributed by atoms with Crippen LogP contribution in [0.3, 0.4) is 0 Å². The Morgan fingerprint density at radius 2 is 2.12 bits per heavy atom. The lowest BCUT2D eigenvalue weighted by molar-refractivity contribution is -0.126. The van der Waals surface area contributed by atoms with Gasteiger partial charge in [-0.3, -0.25) is 19.5 Å². The number of amides is 4. The molecule has 0 aliphatic carbocycles. The van der Waals surface area contributed by atoms with Gasteiger partial charge >= 0.3 is 11.7 Å². The topological polar surface area (TPSA) is 127 Å². The van der Waals surface area contributed by atoms with Gasteiger partial charge in [-0.15, -0.1) is 0 Å². The minimum Gasteiger partial charge on any atom is -0.356 e. The van der Waals surface area contributed by atoms with Gasteiger partial charge < -0.3 is 10.6 Å². The van der Waals surface area contributed by atoms with Crippen molar-refractivity contribution in [1.29, 1.82) is 0 Å². The summed E-state index contributed by atoms with van der Waals surface area (Å²) in [5.41, 5.74) is -0.0960. The lowest BCUT2D eigenvalue weighted by Crippen LogP contribution is -2.36. The summed E-state index contributed by atoms with van der Waals surface area (Å²) in [6.45, 7) is 1.52. The first kappa shape index (κ1) is 16.2. The van der Waals surface area contributed by atoms with Crippen LogP contribution in [0.25, 0.3) is 0 Å². The van der Waals surface area contributed by atoms with Crippen LogP contribution in [0.15, 0.2) is 4.79 Å². The predicted molar refractivity (Wildman–Crippen MR) is 82.1 cm³/mol. The Morgan fingerprint density at radius 3 is 2.83 bits per heavy atom. The number of fused-ring (bicyclic) bond motifs is 1. The highest BCUT2D eigenvalue weighted by atomic mass is 16.2. The number of hydrogen-bond donors (Lipinski definition) is 3. The Kier molecular flexibility index (Phi) is 4.63. The van der Waals surface area contributed by atoms with Crippen LogP contribution < -0.4 is 21.6 Å². The van der Waals surface area contributed by atoms with E-state index in [0.717, 1.165) is 31.6 Å². The van der Waals surface area contributed by atoms with Crippen molar-refractivity contribution in [2.45, 2.75) is 51.2 Å². The first-order valence-corrected chi connectivity index (χ1v) is 8.09. The number of aryl methyl sites for hydroxylation is 2. The lowest BCUT2D eigenvalue weighted by Gasteiger charge is -2.09. The average Bonchev–Trinajstić information content (AvgIpc) is 3.04. The standard InChI is InChI=1S/C14H20N6O4/c21-11(8-9-12(22)17-13(23)16-9)15-5-3-7-20-14(24)19-6-2-1-4-10(19)18-20/h9H,1-8H2,(H,15,21)(H2,16,17,22,23)/t9-/m1/s1. The quantitative estimate of drug-likeness (QED) is 0.430. The van der Waals surface area contributed by atoms with Crippen molar-refractivity contribution >= 4 is 17.8 Å². The molecular formula is C14H20N6O4. The molecule has 3 N–H and O–H groups in total. The Balaban J connectivity index is 1.42. The van der Waals surface area contributed by atoms with Crippen LogP contribution in [0, 0.1) is 0 Å². The molecule has 2 aliphatic rings. The number of carbonyl (C=O) groups excluding carboxylic acids is 3. The third-order valence-corrected chi connectivity index (χ3v) is 4.15. The van der Waals surface area contributed by atoms with E-state index in [0.29, 0.717) is 19.5 Å². The van der Waals surface area contributed by atoms with E-state index >= 15 is 0 Å². The highest BCUT2D eigenvalue weighted by Gasteiger charge is 2.31. The van der Waals surface area contributed by atoms with Crippen LogP contribution in [0.5, 0.6) is 0 Å². The van der Waals surface area contributed by atoms with Crippen LogP contribution in [-0.4, -0.2) is 44.8 Å². The summed E-state index contributed by atoms with van der Waals surface area (Å²) in [5, 5.41) is 11.4. The zero-order chi connectivity index (χ0) is 17.1. The number of imide groups is 1. The molecule has 24 heavy (non-hydrogen) atoms. The molecule has 1 fully saturated rings. The molecule has 0 unspecified atom stereocenters. The molecule has 3 rings (SSSR count). The van der Waals surface area contributed by atoms with Crippen molar-refractivity contribution in [3.8, 4) is 0 Å². The molecule has 3 heterocycles. The van der Waals surface area contributed by atoms with Gasteiger partial charge in [-0.25, -0.2) is 14.3 Å². The minimum absolute atomic E-state index is 0.0960. The summed E-state index contributed by atoms with van der Waals surface area (Å²) >= 11 is 0. The molecule has 0 bridgehead atoms. The average molecular weight is 336 g/mol. The van der Waals surface area contributed by atoms with E-state index in [1.165, 1.54) is 4.68 Å². The number of nitrogens with zero attached hydrogens (tertiary/aromatic N) is 3. The smallest absolute Gasteiger partial charge is 0.345 e. The molecule has 0 saturated carbocycles. The molecule has 1 aromatic heterocycles. The third-order valence-electron chi connectivity index (χ3n) is 4.15. The van der Waals surface area contributed by atoms with Gasteiger partial charge in [0.25, 0.3) is 5.91 Å². The van der Waals surface area contributed by atoms with Gasteiger partial charge in [0.1, 0.15) is 11.9 Å². The third kappa shape index (κ3) is 3.47. The predicted octanol–water partition coefficient (Wildman–Crippen LogP) is -1.51. The van der Waals surface area contributed by atoms with E-state index < -0.39 is 18.0 Å². The maximum atomic E-state index is 12.1. The summed E-state index contributed by atoms with van der Waals surface area (Å²) in [5.74, 6) is 0.0115. The molecule has 4 amide bonds. The first-order chi connectivity index (χ1) is 11.5. The molecule has 130 valence electrons. The van der Waals surface area contributed by atoms with Crippen LogP contribution >= 0.6 is 0 Å². The van der Waals surface area contributed by atoms with Crippen molar-refractivity contribution in [3.05, 3.63) is 16.3 Å². The molecule has 10 nitrogen and oxygen atoms in total. The number of hydrogen-bond acceptors (Lipinski definition) is 5. The molecule has 1 atom stereocenters. The maximum absolute atomic E-state index is 12.1. The Labute approximate surface area is 137 Å². The van der Waals surface area contributed by atoms with Crippen molar-refractivity contribution in [1.82, 2.24) is 30.3 Å². The molecule has 0 spiro atoms. The molecule has 0 aromatic carbocycles. The first-order valence-electron chi connectivity index (χ1n) is 8.09. The van der Waals surface area contributed by atoms with Crippen LogP contribution in [0.2, 0.25) is 0 Å². The minimum atomic E-state index is -0.819. The number of urea groups is 1. The fourth-order valence-electron chi connectivity index (χ4n) is 2.91. The molecule has 2 aliphatic heterocycles. The maximum Gasteiger partial charge on any atom is 0.345 e. The number of aromatic nitrogens is 3. The second kappa shape index (κ2) is 6.85. The van der Waals surface area contributed by atoms with Gasteiger partial charge in [-0.05, 0) is 19.3 Å². The van der Waals surface area contributed by atoms with E-state index in [4.69, 9.17) is 0 Å². The van der Waals surface area contributed by atoms with Crippen LogP contribution in [0.1, 0.15) is 31.5 Å². The normalized spacial score (nSPS) is 19.6. The summed E-state index contributed by atoms with van der Waals surface area (Å²) in [7, 11) is 0. The summed E-state index contributed by atoms with van der Waals surface area (Å²) in [4.78, 5) is 46.2. The summed E-state index contributed by atoms with van der Waals surface area (Å²) in [6.07, 6.45) is 3.34. The Bertz CT molecular complexity index is 721. The zero-order valence-corrected chi connectivity index (χ0v) is 13.2. The van der Waals surface area contributed by atoms with Gasteiger partial charge in [-0.1, -0.05) is 0 Å². The molecule has 1 aromatic rings. The van der Waals surface area contributed by atoms with Crippen molar-refractivity contribution in [2.75, 3.05) is 6.54 Å². The van der Waals surface area contributed by atoms with Crippen molar-refractivity contribution in [2.24, 2.45) is 0 Å². The molecule has 10 heteroatoms. The molecule has 1 saturated heterocycles. The fourth-order valence-corrected chi connectivity index (χ4v) is 2.91. The summed E-state index contributed by atoms with van der Waals surface area (Å²) < 4.78 is 3.15. The number of nitrogens with one attached hydrogen (secondary N) is 3. The fraction of sp³-hybridized carbons (Fsp3) is 0.643. The van der Waals surface area contributed by atoms with Gasteiger partial charge in [0.15, 0.2) is 0 Å². The number of rotatable bonds is 6. The lowest BCUT2D eigenvalue weighted by atomic mass is 10.2. The second-order valence-corrected chi connectivity index (χ2v) is 5.95. The zero-order valence-electron chi connectivity index (χ0n) is 13.2. The SMILES string of the molecule is O=C(C[C@H]1NC(=O)NC1=O)NCCCn1nc2n(c1=O)CCCC2. The van der Waals surface area contributed by atoms with Crippen molar-refractivity contribution in [3.63, 3.8) is 0 Å². The Morgan fingerprint density at radius 1 is 1.29 bits per heavy atom. The molecule has 0 radical (unpaired) electrons. The summed E-state index contributed by atoms with van der Waals surface area (Å²) in [6, 6.07) is -1.40. The highest BCUT2D eigenvalue weighted by Crippen LogP contribution is 2.09. The second-order valence-electron chi connectivity index (χ2n) is 5.95. The van der Waals surface area contributed by atoms with E-state index in [2.05, 4.69) is 21.0 Å². The van der Waals surface area contributed by atoms with Crippen LogP contribution in [-0.2, 0) is 29.1 Å². The van der Waals surface area contributed by atoms with Gasteiger partial charge in [0, 0.05) is 26.1 Å². The van der Waals surface area contributed by atoms with E-state index in [9.17, 15) is 19.2 Å². The highest BCUT2D eigenvalue weighted by molar-refractivity contribution is 6.05. The largest absolute Gasteiger partial charge is 0.356 e. The van der Waals surface area contributed by atoms with Gasteiger partial charge in [0.05, 0.1) is 6.42 Å². The van der Waals surface area contributed by atoms with Crippen molar-refractivity contribution < 1.29 is 14.4 Å². The van der Waals surface area contributed by atoms with E-state index in [-0.39, 0.29) is 18.0 Å². The van der Waals surface area contributed by atoms with E-state index in [1.807, 2.05) is 0 Å². The van der Waals surface area contributed by atoms with Gasteiger partial charge in [0.2, 0.25) is 5.91 Å². The molecular weight excluding hydrogens is 316 g/mol. The number of carbonyl (C=O) groups is 3. The van der Waals surface area contributed by atoms with Gasteiger partial charge in [-0.2, -0.15) is 5.10 Å². The monoisotopic (exact) mass is 336 g/mol. The van der Waals surface area contributed by atoms with Crippen LogP contribution in [0.4, 0.5) is 4.79 Å².